The Morgan fingerprint density at radius 2 is 2.08 bits per heavy atom. The van der Waals surface area contributed by atoms with Gasteiger partial charge in [-0.05, 0) is 36.5 Å². The van der Waals surface area contributed by atoms with E-state index in [9.17, 15) is 9.90 Å². The normalized spacial score (nSPS) is 20.7. The average molecular weight is 379 g/mol. The molecule has 0 spiro atoms. The Kier molecular flexibility index (Phi) is 7.56. The highest BCUT2D eigenvalue weighted by Gasteiger charge is 2.27. The predicted octanol–water partition coefficient (Wildman–Crippen LogP) is 1.93. The molecule has 1 aromatic carbocycles. The monoisotopic (exact) mass is 379 g/mol. The fourth-order valence-corrected chi connectivity index (χ4v) is 3.33. The van der Waals surface area contributed by atoms with Crippen LogP contribution in [0.3, 0.4) is 0 Å². The van der Waals surface area contributed by atoms with Crippen molar-refractivity contribution < 1.29 is 24.5 Å². The lowest BCUT2D eigenvalue weighted by molar-refractivity contribution is -0.115. The summed E-state index contributed by atoms with van der Waals surface area (Å²) < 4.78 is 10.9. The first-order valence-electron chi connectivity index (χ1n) is 8.58. The molecule has 0 bridgehead atoms. The summed E-state index contributed by atoms with van der Waals surface area (Å²) in [4.78, 5) is 12.8. The fourth-order valence-electron chi connectivity index (χ4n) is 3.04. The Morgan fingerprint density at radius 1 is 1.31 bits per heavy atom. The SMILES string of the molecule is COc1ccc(C2=CC(=O)NC(=S)C(C)C(CCO)C2)c(OCCO)c1. The smallest absolute Gasteiger partial charge is 0.249 e. The van der Waals surface area contributed by atoms with E-state index in [0.717, 1.165) is 11.1 Å². The largest absolute Gasteiger partial charge is 0.497 e. The van der Waals surface area contributed by atoms with E-state index >= 15 is 0 Å². The van der Waals surface area contributed by atoms with Crippen molar-refractivity contribution in [3.63, 3.8) is 0 Å². The second kappa shape index (κ2) is 9.66. The number of ether oxygens (including phenoxy) is 2. The number of carbonyl (C=O) groups excluding carboxylic acids is 1. The van der Waals surface area contributed by atoms with E-state index in [1.54, 1.807) is 19.2 Å². The third-order valence-corrected chi connectivity index (χ3v) is 5.01. The number of amides is 1. The van der Waals surface area contributed by atoms with Gasteiger partial charge in [0.1, 0.15) is 18.1 Å². The molecule has 1 amide bonds. The van der Waals surface area contributed by atoms with Crippen LogP contribution in [0.2, 0.25) is 0 Å². The number of carbonyl (C=O) groups is 1. The Bertz CT molecular complexity index is 689. The zero-order valence-corrected chi connectivity index (χ0v) is 15.8. The first-order valence-corrected chi connectivity index (χ1v) is 8.99. The maximum absolute atomic E-state index is 12.3. The van der Waals surface area contributed by atoms with E-state index in [4.69, 9.17) is 26.8 Å². The maximum atomic E-state index is 12.3. The molecule has 0 radical (unpaired) electrons. The zero-order chi connectivity index (χ0) is 19.1. The highest BCUT2D eigenvalue weighted by molar-refractivity contribution is 7.80. The summed E-state index contributed by atoms with van der Waals surface area (Å²) in [5.41, 5.74) is 1.56. The quantitative estimate of drug-likeness (QED) is 0.628. The molecule has 3 N–H and O–H groups in total. The summed E-state index contributed by atoms with van der Waals surface area (Å²) in [7, 11) is 1.56. The number of methoxy groups -OCH3 is 1. The van der Waals surface area contributed by atoms with Crippen molar-refractivity contribution in [1.82, 2.24) is 5.32 Å². The molecule has 6 nitrogen and oxygen atoms in total. The third-order valence-electron chi connectivity index (χ3n) is 4.54. The number of thiocarbonyl (C=S) groups is 1. The minimum Gasteiger partial charge on any atom is -0.497 e. The molecule has 0 saturated heterocycles. The van der Waals surface area contributed by atoms with Gasteiger partial charge in [-0.3, -0.25) is 4.79 Å². The number of allylic oxidation sites excluding steroid dienone is 1. The average Bonchev–Trinajstić information content (AvgIpc) is 2.63. The predicted molar refractivity (Wildman–Crippen MR) is 103 cm³/mol. The van der Waals surface area contributed by atoms with E-state index in [-0.39, 0.29) is 37.6 Å². The van der Waals surface area contributed by atoms with Crippen LogP contribution in [0.5, 0.6) is 11.5 Å². The standard InChI is InChI=1S/C19H25NO5S/c1-12-13(5-6-21)9-14(10-18(23)20-19(12)26)16-4-3-15(24-2)11-17(16)25-8-7-22/h3-4,10-13,21-22H,5-9H2,1-2H3,(H,20,23,26). The van der Waals surface area contributed by atoms with E-state index in [1.807, 2.05) is 13.0 Å². The maximum Gasteiger partial charge on any atom is 0.249 e. The zero-order valence-electron chi connectivity index (χ0n) is 15.0. The second-order valence-corrected chi connectivity index (χ2v) is 6.66. The summed E-state index contributed by atoms with van der Waals surface area (Å²) in [6, 6.07) is 5.37. The van der Waals surface area contributed by atoms with Crippen LogP contribution >= 0.6 is 12.2 Å². The van der Waals surface area contributed by atoms with Gasteiger partial charge >= 0.3 is 0 Å². The van der Waals surface area contributed by atoms with Gasteiger partial charge in [0.2, 0.25) is 5.91 Å². The van der Waals surface area contributed by atoms with Crippen LogP contribution in [-0.4, -0.2) is 48.0 Å². The molecular formula is C19H25NO5S. The van der Waals surface area contributed by atoms with Gasteiger partial charge in [-0.15, -0.1) is 0 Å². The van der Waals surface area contributed by atoms with E-state index in [0.29, 0.717) is 29.3 Å². The molecular weight excluding hydrogens is 354 g/mol. The molecule has 2 atom stereocenters. The number of hydrogen-bond acceptors (Lipinski definition) is 6. The lowest BCUT2D eigenvalue weighted by Gasteiger charge is -2.28. The van der Waals surface area contributed by atoms with Gasteiger partial charge in [0, 0.05) is 30.2 Å². The first kappa shape index (κ1) is 20.4. The van der Waals surface area contributed by atoms with Crippen molar-refractivity contribution >= 4 is 28.7 Å². The summed E-state index contributed by atoms with van der Waals surface area (Å²) in [6.07, 6.45) is 2.69. The molecule has 0 saturated carbocycles. The van der Waals surface area contributed by atoms with Gasteiger partial charge in [-0.2, -0.15) is 0 Å². The number of hydrogen-bond donors (Lipinski definition) is 3. The molecule has 1 aromatic rings. The molecule has 142 valence electrons. The van der Waals surface area contributed by atoms with Gasteiger partial charge in [-0.25, -0.2) is 0 Å². The van der Waals surface area contributed by atoms with E-state index in [1.165, 1.54) is 6.08 Å². The van der Waals surface area contributed by atoms with Crippen molar-refractivity contribution in [1.29, 1.82) is 0 Å². The van der Waals surface area contributed by atoms with Crippen LogP contribution in [0, 0.1) is 11.8 Å². The van der Waals surface area contributed by atoms with Crippen molar-refractivity contribution in [2.45, 2.75) is 19.8 Å². The fraction of sp³-hybridized carbons (Fsp3) is 0.474. The number of benzene rings is 1. The van der Waals surface area contributed by atoms with Gasteiger partial charge in [-0.1, -0.05) is 19.1 Å². The van der Waals surface area contributed by atoms with Gasteiger partial charge in [0.25, 0.3) is 0 Å². The molecule has 1 aliphatic rings. The highest BCUT2D eigenvalue weighted by Crippen LogP contribution is 2.37. The minimum absolute atomic E-state index is 0.0372. The lowest BCUT2D eigenvalue weighted by atomic mass is 9.82. The Morgan fingerprint density at radius 3 is 2.73 bits per heavy atom. The van der Waals surface area contributed by atoms with Crippen LogP contribution in [0.15, 0.2) is 24.3 Å². The summed E-state index contributed by atoms with van der Waals surface area (Å²) in [5.74, 6) is 0.940. The lowest BCUT2D eigenvalue weighted by Crippen LogP contribution is -2.37. The number of aliphatic hydroxyl groups is 2. The summed E-state index contributed by atoms with van der Waals surface area (Å²) in [6.45, 7) is 2.03. The molecule has 26 heavy (non-hydrogen) atoms. The van der Waals surface area contributed by atoms with E-state index < -0.39 is 0 Å². The molecule has 2 rings (SSSR count). The summed E-state index contributed by atoms with van der Waals surface area (Å²) >= 11 is 5.30. The van der Waals surface area contributed by atoms with Crippen molar-refractivity contribution in [2.24, 2.45) is 11.8 Å². The molecule has 0 aliphatic carbocycles. The topological polar surface area (TPSA) is 88.0 Å². The van der Waals surface area contributed by atoms with Gasteiger partial charge < -0.3 is 25.0 Å². The van der Waals surface area contributed by atoms with Crippen LogP contribution in [0.1, 0.15) is 25.3 Å². The second-order valence-electron chi connectivity index (χ2n) is 6.22. The first-order chi connectivity index (χ1) is 12.5. The molecule has 2 unspecified atom stereocenters. The van der Waals surface area contributed by atoms with Crippen LogP contribution in [0.4, 0.5) is 0 Å². The van der Waals surface area contributed by atoms with Crippen molar-refractivity contribution in [2.75, 3.05) is 26.9 Å². The number of aliphatic hydroxyl groups excluding tert-OH is 2. The van der Waals surface area contributed by atoms with Crippen LogP contribution in [0.25, 0.3) is 5.57 Å². The van der Waals surface area contributed by atoms with Gasteiger partial charge in [0.15, 0.2) is 0 Å². The Balaban J connectivity index is 2.45. The van der Waals surface area contributed by atoms with E-state index in [2.05, 4.69) is 5.32 Å². The molecule has 0 aromatic heterocycles. The minimum atomic E-state index is -0.275. The van der Waals surface area contributed by atoms with Gasteiger partial charge in [0.05, 0.1) is 18.7 Å². The Labute approximate surface area is 158 Å². The highest BCUT2D eigenvalue weighted by atomic mass is 32.1. The molecule has 1 aliphatic heterocycles. The van der Waals surface area contributed by atoms with Crippen molar-refractivity contribution in [3.8, 4) is 11.5 Å². The summed E-state index contributed by atoms with van der Waals surface area (Å²) in [5, 5.41) is 21.2. The Hall–Kier alpha value is -1.96. The number of nitrogens with one attached hydrogen (secondary N) is 1. The molecule has 1 heterocycles. The molecule has 7 heteroatoms. The van der Waals surface area contributed by atoms with Crippen LogP contribution in [-0.2, 0) is 4.79 Å². The van der Waals surface area contributed by atoms with Crippen LogP contribution < -0.4 is 14.8 Å². The third kappa shape index (κ3) is 5.03. The molecule has 0 fully saturated rings. The number of rotatable bonds is 7. The van der Waals surface area contributed by atoms with Crippen molar-refractivity contribution in [3.05, 3.63) is 29.8 Å².